The second-order valence-electron chi connectivity index (χ2n) is 5.06. The maximum atomic E-state index is 13.5. The number of rotatable bonds is 5. The molecule has 1 fully saturated rings. The Morgan fingerprint density at radius 3 is 2.90 bits per heavy atom. The van der Waals surface area contributed by atoms with E-state index in [9.17, 15) is 14.0 Å². The number of unbranched alkanes of at least 4 members (excludes halogenated alkanes) is 1. The zero-order valence-electron chi connectivity index (χ0n) is 11.6. The van der Waals surface area contributed by atoms with Gasteiger partial charge in [-0.05, 0) is 18.6 Å². The molecule has 1 heterocycles. The lowest BCUT2D eigenvalue weighted by Gasteiger charge is -2.16. The summed E-state index contributed by atoms with van der Waals surface area (Å²) in [6.07, 6.45) is 2.16. The van der Waals surface area contributed by atoms with Crippen molar-refractivity contribution in [3.8, 4) is 0 Å². The van der Waals surface area contributed by atoms with Crippen LogP contribution in [0.4, 0.5) is 10.1 Å². The topological polar surface area (TPSA) is 49.4 Å². The molecular formula is C15H19FN2O2. The second kappa shape index (κ2) is 6.50. The molecule has 0 unspecified atom stereocenters. The van der Waals surface area contributed by atoms with Crippen LogP contribution >= 0.6 is 0 Å². The fraction of sp³-hybridized carbons (Fsp3) is 0.467. The summed E-state index contributed by atoms with van der Waals surface area (Å²) in [7, 11) is 0. The lowest BCUT2D eigenvalue weighted by atomic mass is 10.1. The number of carbonyl (C=O) groups is 2. The van der Waals surface area contributed by atoms with Gasteiger partial charge in [0.1, 0.15) is 5.82 Å². The predicted octanol–water partition coefficient (Wildman–Crippen LogP) is 2.41. The van der Waals surface area contributed by atoms with E-state index in [-0.39, 0.29) is 29.8 Å². The number of carbonyl (C=O) groups excluding carboxylic acids is 2. The van der Waals surface area contributed by atoms with Gasteiger partial charge in [-0.2, -0.15) is 0 Å². The summed E-state index contributed by atoms with van der Waals surface area (Å²) in [5.41, 5.74) is 0.164. The van der Waals surface area contributed by atoms with E-state index >= 15 is 0 Å². The third-order valence-corrected chi connectivity index (χ3v) is 3.50. The van der Waals surface area contributed by atoms with Crippen LogP contribution in [0.3, 0.4) is 0 Å². The van der Waals surface area contributed by atoms with E-state index in [2.05, 4.69) is 12.2 Å². The molecule has 1 aliphatic rings. The Balaban J connectivity index is 1.94. The molecular weight excluding hydrogens is 259 g/mol. The largest absolute Gasteiger partial charge is 0.342 e. The van der Waals surface area contributed by atoms with Gasteiger partial charge >= 0.3 is 0 Å². The normalized spacial score (nSPS) is 18.4. The van der Waals surface area contributed by atoms with Crippen molar-refractivity contribution in [2.24, 2.45) is 5.92 Å². The molecule has 0 bridgehead atoms. The van der Waals surface area contributed by atoms with Gasteiger partial charge in [-0.3, -0.25) is 9.59 Å². The smallest absolute Gasteiger partial charge is 0.229 e. The first-order chi connectivity index (χ1) is 9.61. The minimum absolute atomic E-state index is 0.00661. The highest BCUT2D eigenvalue weighted by Crippen LogP contribution is 2.21. The molecule has 0 saturated carbocycles. The zero-order valence-corrected chi connectivity index (χ0v) is 11.6. The number of halogens is 1. The van der Waals surface area contributed by atoms with Gasteiger partial charge in [0.05, 0.1) is 11.6 Å². The summed E-state index contributed by atoms with van der Waals surface area (Å²) in [4.78, 5) is 25.6. The number of anilines is 1. The van der Waals surface area contributed by atoms with E-state index in [1.807, 2.05) is 0 Å². The quantitative estimate of drug-likeness (QED) is 0.899. The lowest BCUT2D eigenvalue weighted by Crippen LogP contribution is -2.29. The van der Waals surface area contributed by atoms with Crippen molar-refractivity contribution in [2.45, 2.75) is 26.2 Å². The number of benzene rings is 1. The number of likely N-dealkylation sites (tertiary alicyclic amines) is 1. The Hall–Kier alpha value is -1.91. The third kappa shape index (κ3) is 3.35. The van der Waals surface area contributed by atoms with Crippen LogP contribution in [0.15, 0.2) is 24.3 Å². The third-order valence-electron chi connectivity index (χ3n) is 3.50. The van der Waals surface area contributed by atoms with Gasteiger partial charge in [0.25, 0.3) is 0 Å². The highest BCUT2D eigenvalue weighted by atomic mass is 19.1. The lowest BCUT2D eigenvalue weighted by molar-refractivity contribution is -0.128. The number of hydrogen-bond donors (Lipinski definition) is 1. The van der Waals surface area contributed by atoms with Gasteiger partial charge in [0, 0.05) is 19.5 Å². The molecule has 108 valence electrons. The van der Waals surface area contributed by atoms with E-state index in [1.54, 1.807) is 17.0 Å². The van der Waals surface area contributed by atoms with Crippen molar-refractivity contribution in [3.05, 3.63) is 30.1 Å². The molecule has 0 aromatic heterocycles. The van der Waals surface area contributed by atoms with Crippen molar-refractivity contribution in [2.75, 3.05) is 18.4 Å². The molecule has 1 aliphatic heterocycles. The van der Waals surface area contributed by atoms with Crippen molar-refractivity contribution in [1.82, 2.24) is 4.90 Å². The average molecular weight is 278 g/mol. The molecule has 1 aromatic carbocycles. The molecule has 0 spiro atoms. The number of para-hydroxylation sites is 1. The monoisotopic (exact) mass is 278 g/mol. The molecule has 1 aromatic rings. The van der Waals surface area contributed by atoms with Crippen molar-refractivity contribution in [3.63, 3.8) is 0 Å². The Bertz CT molecular complexity index is 504. The maximum Gasteiger partial charge on any atom is 0.229 e. The minimum Gasteiger partial charge on any atom is -0.342 e. The van der Waals surface area contributed by atoms with Gasteiger partial charge in [0.15, 0.2) is 0 Å². The van der Waals surface area contributed by atoms with Crippen LogP contribution in [0.25, 0.3) is 0 Å². The molecule has 5 heteroatoms. The van der Waals surface area contributed by atoms with Crippen molar-refractivity contribution >= 4 is 17.5 Å². The maximum absolute atomic E-state index is 13.5. The van der Waals surface area contributed by atoms with E-state index in [0.717, 1.165) is 12.8 Å². The summed E-state index contributed by atoms with van der Waals surface area (Å²) in [6.45, 7) is 3.18. The van der Waals surface area contributed by atoms with Crippen LogP contribution in [-0.2, 0) is 9.59 Å². The average Bonchev–Trinajstić information content (AvgIpc) is 2.80. The first-order valence-electron chi connectivity index (χ1n) is 6.95. The first-order valence-corrected chi connectivity index (χ1v) is 6.95. The van der Waals surface area contributed by atoms with Crippen LogP contribution in [-0.4, -0.2) is 29.8 Å². The van der Waals surface area contributed by atoms with Gasteiger partial charge < -0.3 is 10.2 Å². The zero-order chi connectivity index (χ0) is 14.5. The SMILES string of the molecule is CCCCN1C[C@H](C(=O)Nc2ccccc2F)CC1=O. The molecule has 0 radical (unpaired) electrons. The van der Waals surface area contributed by atoms with E-state index in [4.69, 9.17) is 0 Å². The number of amides is 2. The van der Waals surface area contributed by atoms with Crippen molar-refractivity contribution in [1.29, 1.82) is 0 Å². The summed E-state index contributed by atoms with van der Waals surface area (Å²) < 4.78 is 13.5. The Morgan fingerprint density at radius 1 is 1.45 bits per heavy atom. The molecule has 2 amide bonds. The molecule has 2 rings (SSSR count). The van der Waals surface area contributed by atoms with Crippen LogP contribution < -0.4 is 5.32 Å². The molecule has 1 saturated heterocycles. The summed E-state index contributed by atoms with van der Waals surface area (Å²) in [6, 6.07) is 6.03. The van der Waals surface area contributed by atoms with Crippen LogP contribution in [0.1, 0.15) is 26.2 Å². The summed E-state index contributed by atoms with van der Waals surface area (Å²) in [5, 5.41) is 2.56. The van der Waals surface area contributed by atoms with Gasteiger partial charge in [-0.1, -0.05) is 25.5 Å². The predicted molar refractivity (Wildman–Crippen MR) is 74.6 cm³/mol. The number of nitrogens with zero attached hydrogens (tertiary/aromatic N) is 1. The van der Waals surface area contributed by atoms with E-state index in [0.29, 0.717) is 13.1 Å². The minimum atomic E-state index is -0.465. The molecule has 1 atom stereocenters. The van der Waals surface area contributed by atoms with E-state index < -0.39 is 5.82 Å². The van der Waals surface area contributed by atoms with Crippen LogP contribution in [0, 0.1) is 11.7 Å². The fourth-order valence-electron chi connectivity index (χ4n) is 2.31. The molecule has 0 aliphatic carbocycles. The summed E-state index contributed by atoms with van der Waals surface area (Å²) >= 11 is 0. The van der Waals surface area contributed by atoms with Crippen molar-refractivity contribution < 1.29 is 14.0 Å². The van der Waals surface area contributed by atoms with E-state index in [1.165, 1.54) is 12.1 Å². The highest BCUT2D eigenvalue weighted by Gasteiger charge is 2.34. The highest BCUT2D eigenvalue weighted by molar-refractivity contribution is 5.97. The number of nitrogens with one attached hydrogen (secondary N) is 1. The Morgan fingerprint density at radius 2 is 2.20 bits per heavy atom. The fourth-order valence-corrected chi connectivity index (χ4v) is 2.31. The molecule has 1 N–H and O–H groups in total. The van der Waals surface area contributed by atoms with Gasteiger partial charge in [-0.15, -0.1) is 0 Å². The summed E-state index contributed by atoms with van der Waals surface area (Å²) in [5.74, 6) is -1.14. The van der Waals surface area contributed by atoms with Crippen LogP contribution in [0.5, 0.6) is 0 Å². The second-order valence-corrected chi connectivity index (χ2v) is 5.06. The van der Waals surface area contributed by atoms with Gasteiger partial charge in [-0.25, -0.2) is 4.39 Å². The number of hydrogen-bond acceptors (Lipinski definition) is 2. The molecule has 4 nitrogen and oxygen atoms in total. The Kier molecular flexibility index (Phi) is 4.71. The Labute approximate surface area is 118 Å². The first kappa shape index (κ1) is 14.5. The standard InChI is InChI=1S/C15H19FN2O2/c1-2-3-8-18-10-11(9-14(18)19)15(20)17-13-7-5-4-6-12(13)16/h4-7,11H,2-3,8-10H2,1H3,(H,17,20)/t11-/m1/s1. The molecule has 20 heavy (non-hydrogen) atoms. The van der Waals surface area contributed by atoms with Gasteiger partial charge in [0.2, 0.25) is 11.8 Å². The van der Waals surface area contributed by atoms with Crippen LogP contribution in [0.2, 0.25) is 0 Å².